The summed E-state index contributed by atoms with van der Waals surface area (Å²) < 4.78 is 0. The molecule has 0 aliphatic rings. The van der Waals surface area contributed by atoms with Gasteiger partial charge >= 0.3 is 0 Å². The number of nitrogens with one attached hydrogen (secondary N) is 2. The molecular formula is C16H19N5O. The molecule has 0 heterocycles. The summed E-state index contributed by atoms with van der Waals surface area (Å²) in [4.78, 5) is 12.4. The van der Waals surface area contributed by atoms with Gasteiger partial charge in [-0.25, -0.2) is 0 Å². The van der Waals surface area contributed by atoms with E-state index >= 15 is 0 Å². The third-order valence-corrected chi connectivity index (χ3v) is 2.99. The lowest BCUT2D eigenvalue weighted by Crippen LogP contribution is -2.41. The summed E-state index contributed by atoms with van der Waals surface area (Å²) in [5, 5.41) is 6.58. The first-order valence-corrected chi connectivity index (χ1v) is 6.89. The molecule has 2 aromatic carbocycles. The molecule has 0 spiro atoms. The van der Waals surface area contributed by atoms with Gasteiger partial charge in [0.15, 0.2) is 0 Å². The zero-order chi connectivity index (χ0) is 15.8. The Morgan fingerprint density at radius 2 is 1.59 bits per heavy atom. The van der Waals surface area contributed by atoms with Crippen LogP contribution in [0, 0.1) is 0 Å². The van der Waals surface area contributed by atoms with Crippen LogP contribution >= 0.6 is 0 Å². The number of guanidine groups is 1. The number of nitrogens with two attached hydrogens (primary N) is 2. The van der Waals surface area contributed by atoms with Gasteiger partial charge in [-0.15, -0.1) is 5.10 Å². The molecule has 6 nitrogen and oxygen atoms in total. The maximum absolute atomic E-state index is 12.4. The Balaban J connectivity index is 2.09. The fourth-order valence-electron chi connectivity index (χ4n) is 1.95. The molecule has 0 aromatic heterocycles. The summed E-state index contributed by atoms with van der Waals surface area (Å²) in [6.45, 7) is 0. The number of hydrogen-bond acceptors (Lipinski definition) is 3. The highest BCUT2D eigenvalue weighted by Gasteiger charge is 2.18. The largest absolute Gasteiger partial charge is 0.369 e. The van der Waals surface area contributed by atoms with Crippen molar-refractivity contribution in [3.63, 3.8) is 0 Å². The van der Waals surface area contributed by atoms with E-state index < -0.39 is 6.04 Å². The highest BCUT2D eigenvalue weighted by atomic mass is 16.2. The number of hydrogen-bond donors (Lipinski definition) is 4. The van der Waals surface area contributed by atoms with Crippen molar-refractivity contribution in [2.24, 2.45) is 16.6 Å². The first-order chi connectivity index (χ1) is 10.6. The van der Waals surface area contributed by atoms with Crippen molar-refractivity contribution in [2.75, 3.05) is 5.32 Å². The number of benzene rings is 2. The number of para-hydroxylation sites is 1. The molecule has 0 radical (unpaired) electrons. The molecule has 0 fully saturated rings. The lowest BCUT2D eigenvalue weighted by Gasteiger charge is -2.17. The maximum atomic E-state index is 12.4. The van der Waals surface area contributed by atoms with Crippen LogP contribution in [0.4, 0.5) is 5.69 Å². The van der Waals surface area contributed by atoms with E-state index in [0.717, 1.165) is 11.3 Å². The van der Waals surface area contributed by atoms with Gasteiger partial charge in [-0.05, 0) is 17.7 Å². The predicted octanol–water partition coefficient (Wildman–Crippen LogP) is 1.01. The summed E-state index contributed by atoms with van der Waals surface area (Å²) in [6.07, 6.45) is 0.469. The van der Waals surface area contributed by atoms with Gasteiger partial charge in [-0.2, -0.15) is 0 Å². The topological polar surface area (TPSA) is 106 Å². The Morgan fingerprint density at radius 1 is 1.00 bits per heavy atom. The van der Waals surface area contributed by atoms with Gasteiger partial charge in [0.25, 0.3) is 0 Å². The van der Waals surface area contributed by atoms with Crippen LogP contribution in [0.3, 0.4) is 0 Å². The van der Waals surface area contributed by atoms with Crippen LogP contribution in [0.5, 0.6) is 0 Å². The summed E-state index contributed by atoms with van der Waals surface area (Å²) in [5.74, 6) is -0.328. The van der Waals surface area contributed by atoms with Crippen molar-refractivity contribution in [3.05, 3.63) is 66.2 Å². The minimum atomic E-state index is -0.579. The molecule has 0 saturated heterocycles. The van der Waals surface area contributed by atoms with Crippen molar-refractivity contribution in [1.82, 2.24) is 5.43 Å². The molecule has 0 aliphatic heterocycles. The predicted molar refractivity (Wildman–Crippen MR) is 88.0 cm³/mol. The molecule has 0 bridgehead atoms. The quantitative estimate of drug-likeness (QED) is 0.363. The normalized spacial score (nSPS) is 11.3. The smallest absolute Gasteiger partial charge is 0.248 e. The third-order valence-electron chi connectivity index (χ3n) is 2.99. The van der Waals surface area contributed by atoms with Crippen molar-refractivity contribution in [1.29, 1.82) is 0 Å². The minimum Gasteiger partial charge on any atom is -0.369 e. The van der Waals surface area contributed by atoms with Crippen LogP contribution < -0.4 is 22.2 Å². The molecule has 6 N–H and O–H groups in total. The van der Waals surface area contributed by atoms with Gasteiger partial charge < -0.3 is 16.8 Å². The van der Waals surface area contributed by atoms with Gasteiger partial charge in [0.1, 0.15) is 6.04 Å². The van der Waals surface area contributed by atoms with Gasteiger partial charge in [0, 0.05) is 12.1 Å². The van der Waals surface area contributed by atoms with Gasteiger partial charge in [0.2, 0.25) is 11.9 Å². The van der Waals surface area contributed by atoms with Crippen LogP contribution in [0.2, 0.25) is 0 Å². The van der Waals surface area contributed by atoms with Gasteiger partial charge in [-0.3, -0.25) is 10.2 Å². The van der Waals surface area contributed by atoms with Crippen LogP contribution in [-0.4, -0.2) is 17.9 Å². The Labute approximate surface area is 129 Å². The number of rotatable bonds is 6. The fraction of sp³-hybridized carbons (Fsp3) is 0.125. The molecule has 2 rings (SSSR count). The first kappa shape index (κ1) is 15.4. The second-order valence-corrected chi connectivity index (χ2v) is 4.76. The standard InChI is InChI=1S/C16H19N5O/c17-16(18)21-20-14(11-12-7-3-1-4-8-12)15(22)19-13-9-5-2-6-10-13/h1-10,14,20H,11H2,(H,19,22)(H4,17,18,21)/t14-/m0/s1. The Hall–Kier alpha value is -3.02. The van der Waals surface area contributed by atoms with E-state index in [1.807, 2.05) is 60.7 Å². The molecule has 1 atom stereocenters. The number of nitrogens with zero attached hydrogens (tertiary/aromatic N) is 1. The first-order valence-electron chi connectivity index (χ1n) is 6.89. The number of carbonyl (C=O) groups is 1. The molecular weight excluding hydrogens is 278 g/mol. The molecule has 1 amide bonds. The number of hydrazone groups is 1. The van der Waals surface area contributed by atoms with Crippen LogP contribution in [-0.2, 0) is 11.2 Å². The highest BCUT2D eigenvalue weighted by molar-refractivity contribution is 5.95. The molecule has 2 aromatic rings. The summed E-state index contributed by atoms with van der Waals surface area (Å²) in [5.41, 5.74) is 15.1. The zero-order valence-electron chi connectivity index (χ0n) is 12.1. The molecule has 0 unspecified atom stereocenters. The minimum absolute atomic E-state index is 0.120. The summed E-state index contributed by atoms with van der Waals surface area (Å²) >= 11 is 0. The summed E-state index contributed by atoms with van der Waals surface area (Å²) in [6, 6.07) is 18.3. The monoisotopic (exact) mass is 297 g/mol. The molecule has 0 aliphatic carbocycles. The lowest BCUT2D eigenvalue weighted by atomic mass is 10.1. The van der Waals surface area contributed by atoms with Crippen molar-refractivity contribution in [2.45, 2.75) is 12.5 Å². The number of amides is 1. The number of carbonyl (C=O) groups excluding carboxylic acids is 1. The average Bonchev–Trinajstić information content (AvgIpc) is 2.53. The second-order valence-electron chi connectivity index (χ2n) is 4.76. The van der Waals surface area contributed by atoms with E-state index in [0.29, 0.717) is 6.42 Å². The van der Waals surface area contributed by atoms with E-state index in [9.17, 15) is 4.79 Å². The second kappa shape index (κ2) is 7.68. The Morgan fingerprint density at radius 3 is 2.18 bits per heavy atom. The summed E-state index contributed by atoms with van der Waals surface area (Å²) in [7, 11) is 0. The van der Waals surface area contributed by atoms with E-state index in [1.165, 1.54) is 0 Å². The van der Waals surface area contributed by atoms with Crippen molar-refractivity contribution in [3.8, 4) is 0 Å². The highest BCUT2D eigenvalue weighted by Crippen LogP contribution is 2.08. The fourth-order valence-corrected chi connectivity index (χ4v) is 1.95. The van der Waals surface area contributed by atoms with E-state index in [4.69, 9.17) is 11.5 Å². The van der Waals surface area contributed by atoms with Gasteiger partial charge in [-0.1, -0.05) is 48.5 Å². The average molecular weight is 297 g/mol. The molecule has 22 heavy (non-hydrogen) atoms. The van der Waals surface area contributed by atoms with Crippen molar-refractivity contribution < 1.29 is 4.79 Å². The van der Waals surface area contributed by atoms with Crippen LogP contribution in [0.15, 0.2) is 65.8 Å². The van der Waals surface area contributed by atoms with E-state index in [2.05, 4.69) is 15.8 Å². The molecule has 6 heteroatoms. The Kier molecular flexibility index (Phi) is 5.37. The molecule has 114 valence electrons. The zero-order valence-corrected chi connectivity index (χ0v) is 12.1. The third kappa shape index (κ3) is 4.82. The Bertz CT molecular complexity index is 623. The van der Waals surface area contributed by atoms with Crippen LogP contribution in [0.25, 0.3) is 0 Å². The maximum Gasteiger partial charge on any atom is 0.248 e. The van der Waals surface area contributed by atoms with Crippen LogP contribution in [0.1, 0.15) is 5.56 Å². The number of anilines is 1. The van der Waals surface area contributed by atoms with E-state index in [1.54, 1.807) is 0 Å². The SMILES string of the molecule is NC(N)=NN[C@@H](Cc1ccccc1)C(=O)Nc1ccccc1. The molecule has 0 saturated carbocycles. The lowest BCUT2D eigenvalue weighted by molar-refractivity contribution is -0.118. The van der Waals surface area contributed by atoms with Gasteiger partial charge in [0.05, 0.1) is 0 Å². The van der Waals surface area contributed by atoms with E-state index in [-0.39, 0.29) is 11.9 Å². The van der Waals surface area contributed by atoms with Crippen molar-refractivity contribution >= 4 is 17.6 Å².